The van der Waals surface area contributed by atoms with Crippen molar-refractivity contribution in [1.82, 2.24) is 4.90 Å². The van der Waals surface area contributed by atoms with Gasteiger partial charge in [0.15, 0.2) is 0 Å². The lowest BCUT2D eigenvalue weighted by atomic mass is 9.98. The van der Waals surface area contributed by atoms with E-state index in [2.05, 4.69) is 35.2 Å². The molecule has 0 N–H and O–H groups in total. The summed E-state index contributed by atoms with van der Waals surface area (Å²) in [6, 6.07) is 8.75. The van der Waals surface area contributed by atoms with Crippen LogP contribution in [-0.2, 0) is 9.53 Å². The average Bonchev–Trinajstić information content (AvgIpc) is 3.18. The predicted octanol–water partition coefficient (Wildman–Crippen LogP) is 3.30. The Morgan fingerprint density at radius 1 is 1.21 bits per heavy atom. The Morgan fingerprint density at radius 2 is 2.12 bits per heavy atom. The van der Waals surface area contributed by atoms with Crippen LogP contribution in [-0.4, -0.2) is 43.1 Å². The number of hydrogen-bond donors (Lipinski definition) is 0. The molecule has 1 aromatic rings. The minimum absolute atomic E-state index is 0.293. The lowest BCUT2D eigenvalue weighted by Gasteiger charge is -2.27. The van der Waals surface area contributed by atoms with Crippen molar-refractivity contribution in [1.29, 1.82) is 0 Å². The molecule has 0 spiro atoms. The first-order chi connectivity index (χ1) is 11.8. The van der Waals surface area contributed by atoms with Gasteiger partial charge in [0.1, 0.15) is 6.10 Å². The summed E-state index contributed by atoms with van der Waals surface area (Å²) in [5.74, 6) is 0.856. The molecule has 0 bridgehead atoms. The minimum Gasteiger partial charge on any atom is -0.497 e. The second-order valence-electron chi connectivity index (χ2n) is 7.14. The Hall–Kier alpha value is -1.97. The Labute approximate surface area is 144 Å². The van der Waals surface area contributed by atoms with E-state index in [4.69, 9.17) is 4.74 Å². The first-order valence-corrected chi connectivity index (χ1v) is 9.23. The highest BCUT2D eigenvalue weighted by Crippen LogP contribution is 2.38. The fraction of sp³-hybridized carbons (Fsp3) is 0.550. The summed E-state index contributed by atoms with van der Waals surface area (Å²) in [4.78, 5) is 16.4. The molecule has 3 aliphatic rings. The number of para-hydroxylation sites is 1. The van der Waals surface area contributed by atoms with Crippen molar-refractivity contribution in [2.75, 3.05) is 31.1 Å². The molecule has 3 heterocycles. The van der Waals surface area contributed by atoms with E-state index in [1.54, 1.807) is 0 Å². The van der Waals surface area contributed by atoms with Crippen LogP contribution >= 0.6 is 0 Å². The number of likely N-dealkylation sites (tertiary alicyclic amines) is 1. The second kappa shape index (κ2) is 6.88. The predicted molar refractivity (Wildman–Crippen MR) is 95.1 cm³/mol. The number of carbonyl (C=O) groups is 1. The maximum absolute atomic E-state index is 11.8. The highest BCUT2D eigenvalue weighted by molar-refractivity contribution is 5.78. The fourth-order valence-corrected chi connectivity index (χ4v) is 4.22. The molecule has 4 rings (SSSR count). The van der Waals surface area contributed by atoms with Gasteiger partial charge in [-0.2, -0.15) is 0 Å². The third kappa shape index (κ3) is 3.14. The first-order valence-electron chi connectivity index (χ1n) is 9.23. The maximum Gasteiger partial charge on any atom is 0.222 e. The molecule has 0 radical (unpaired) electrons. The van der Waals surface area contributed by atoms with E-state index in [0.717, 1.165) is 58.3 Å². The molecule has 24 heavy (non-hydrogen) atoms. The van der Waals surface area contributed by atoms with Gasteiger partial charge in [0.25, 0.3) is 0 Å². The van der Waals surface area contributed by atoms with Gasteiger partial charge in [-0.3, -0.25) is 4.79 Å². The van der Waals surface area contributed by atoms with Gasteiger partial charge < -0.3 is 14.5 Å². The Bertz CT molecular complexity index is 628. The van der Waals surface area contributed by atoms with Gasteiger partial charge in [-0.05, 0) is 43.4 Å². The van der Waals surface area contributed by atoms with Gasteiger partial charge in [-0.1, -0.05) is 18.2 Å². The minimum atomic E-state index is 0.293. The number of rotatable bonds is 5. The quantitative estimate of drug-likeness (QED) is 0.832. The number of fused-ring (bicyclic) bond motifs is 1. The molecule has 128 valence electrons. The zero-order chi connectivity index (χ0) is 16.4. The SMILES string of the molecule is O=C1CCCN1CC[C@@H]1CN(C[C@@H]2CCC=CO2)c2ccccc21. The molecular weight excluding hydrogens is 300 g/mol. The molecule has 3 aliphatic heterocycles. The van der Waals surface area contributed by atoms with Crippen LogP contribution in [0.3, 0.4) is 0 Å². The number of hydrogen-bond acceptors (Lipinski definition) is 3. The lowest BCUT2D eigenvalue weighted by molar-refractivity contribution is -0.127. The van der Waals surface area contributed by atoms with Gasteiger partial charge in [-0.25, -0.2) is 0 Å². The van der Waals surface area contributed by atoms with Crippen LogP contribution in [0.5, 0.6) is 0 Å². The van der Waals surface area contributed by atoms with Gasteiger partial charge in [0.05, 0.1) is 12.8 Å². The summed E-state index contributed by atoms with van der Waals surface area (Å²) in [5, 5.41) is 0. The third-order valence-electron chi connectivity index (χ3n) is 5.52. The largest absolute Gasteiger partial charge is 0.497 e. The number of anilines is 1. The van der Waals surface area contributed by atoms with Crippen LogP contribution in [0.25, 0.3) is 0 Å². The van der Waals surface area contributed by atoms with E-state index in [-0.39, 0.29) is 0 Å². The normalized spacial score (nSPS) is 25.9. The van der Waals surface area contributed by atoms with E-state index in [1.165, 1.54) is 11.3 Å². The smallest absolute Gasteiger partial charge is 0.222 e. The summed E-state index contributed by atoms with van der Waals surface area (Å²) < 4.78 is 5.77. The van der Waals surface area contributed by atoms with Crippen LogP contribution in [0.1, 0.15) is 43.6 Å². The summed E-state index contributed by atoms with van der Waals surface area (Å²) >= 11 is 0. The number of ether oxygens (including phenoxy) is 1. The summed E-state index contributed by atoms with van der Waals surface area (Å²) in [5.41, 5.74) is 2.80. The van der Waals surface area contributed by atoms with E-state index in [9.17, 15) is 4.79 Å². The summed E-state index contributed by atoms with van der Waals surface area (Å²) in [6.07, 6.45) is 9.28. The number of amides is 1. The van der Waals surface area contributed by atoms with Crippen LogP contribution in [0.2, 0.25) is 0 Å². The van der Waals surface area contributed by atoms with Crippen LogP contribution < -0.4 is 4.90 Å². The Balaban J connectivity index is 1.42. The molecule has 1 fully saturated rings. The third-order valence-corrected chi connectivity index (χ3v) is 5.52. The molecule has 4 nitrogen and oxygen atoms in total. The molecule has 1 saturated heterocycles. The molecule has 0 unspecified atom stereocenters. The number of nitrogens with zero attached hydrogens (tertiary/aromatic N) is 2. The van der Waals surface area contributed by atoms with Gasteiger partial charge in [0, 0.05) is 37.7 Å². The fourth-order valence-electron chi connectivity index (χ4n) is 4.22. The molecule has 0 aromatic heterocycles. The average molecular weight is 326 g/mol. The summed E-state index contributed by atoms with van der Waals surface area (Å²) in [6.45, 7) is 3.85. The van der Waals surface area contributed by atoms with Gasteiger partial charge in [0.2, 0.25) is 5.91 Å². The van der Waals surface area contributed by atoms with Crippen molar-refractivity contribution in [3.63, 3.8) is 0 Å². The number of benzene rings is 1. The maximum atomic E-state index is 11.8. The summed E-state index contributed by atoms with van der Waals surface area (Å²) in [7, 11) is 0. The van der Waals surface area contributed by atoms with Crippen LogP contribution in [0.4, 0.5) is 5.69 Å². The van der Waals surface area contributed by atoms with Crippen molar-refractivity contribution in [2.45, 2.75) is 44.1 Å². The van der Waals surface area contributed by atoms with Crippen molar-refractivity contribution < 1.29 is 9.53 Å². The molecule has 1 amide bonds. The van der Waals surface area contributed by atoms with E-state index in [0.29, 0.717) is 17.9 Å². The second-order valence-corrected chi connectivity index (χ2v) is 7.14. The highest BCUT2D eigenvalue weighted by atomic mass is 16.5. The molecular formula is C20H26N2O2. The van der Waals surface area contributed by atoms with E-state index < -0.39 is 0 Å². The van der Waals surface area contributed by atoms with Gasteiger partial charge >= 0.3 is 0 Å². The Morgan fingerprint density at radius 3 is 2.92 bits per heavy atom. The van der Waals surface area contributed by atoms with Crippen molar-refractivity contribution >= 4 is 11.6 Å². The zero-order valence-electron chi connectivity index (χ0n) is 14.2. The lowest BCUT2D eigenvalue weighted by Crippen LogP contribution is -2.34. The number of allylic oxidation sites excluding steroid dienone is 1. The van der Waals surface area contributed by atoms with E-state index in [1.807, 2.05) is 11.2 Å². The topological polar surface area (TPSA) is 32.8 Å². The van der Waals surface area contributed by atoms with Crippen LogP contribution in [0, 0.1) is 0 Å². The molecule has 0 saturated carbocycles. The van der Waals surface area contributed by atoms with Gasteiger partial charge in [-0.15, -0.1) is 0 Å². The molecule has 1 aromatic carbocycles. The van der Waals surface area contributed by atoms with Crippen molar-refractivity contribution in [2.24, 2.45) is 0 Å². The van der Waals surface area contributed by atoms with Crippen molar-refractivity contribution in [3.05, 3.63) is 42.2 Å². The zero-order valence-corrected chi connectivity index (χ0v) is 14.2. The first kappa shape index (κ1) is 15.6. The highest BCUT2D eigenvalue weighted by Gasteiger charge is 2.31. The van der Waals surface area contributed by atoms with Crippen LogP contribution in [0.15, 0.2) is 36.6 Å². The van der Waals surface area contributed by atoms with E-state index >= 15 is 0 Å². The standard InChI is InChI=1S/C20H26N2O2/c23-20-9-5-11-21(20)12-10-16-14-22(15-17-6-3-4-13-24-17)19-8-2-1-7-18(16)19/h1-2,4,7-8,13,16-17H,3,5-6,9-12,14-15H2/t16-,17+/m1/s1. The van der Waals surface area contributed by atoms with Crippen molar-refractivity contribution in [3.8, 4) is 0 Å². The molecule has 0 aliphatic carbocycles. The number of carbonyl (C=O) groups excluding carboxylic acids is 1. The monoisotopic (exact) mass is 326 g/mol. The molecule has 4 heteroatoms. The molecule has 2 atom stereocenters. The Kier molecular flexibility index (Phi) is 4.46.